The number of aliphatic imine (C=N–C) groups is 1. The highest BCUT2D eigenvalue weighted by Crippen LogP contribution is 2.33. The van der Waals surface area contributed by atoms with E-state index in [0.29, 0.717) is 73.9 Å². The van der Waals surface area contributed by atoms with Crippen LogP contribution in [-0.4, -0.2) is 93.3 Å². The summed E-state index contributed by atoms with van der Waals surface area (Å²) >= 11 is 1.59. The molecule has 2 aliphatic rings. The minimum absolute atomic E-state index is 0.0569. The Kier molecular flexibility index (Phi) is 17.7. The zero-order valence-corrected chi connectivity index (χ0v) is 43.5. The summed E-state index contributed by atoms with van der Waals surface area (Å²) < 4.78 is 19.7. The first kappa shape index (κ1) is 53.7. The summed E-state index contributed by atoms with van der Waals surface area (Å²) in [6.07, 6.45) is 6.13. The second-order valence-electron chi connectivity index (χ2n) is 20.5. The summed E-state index contributed by atoms with van der Waals surface area (Å²) in [5.41, 5.74) is 12.8. The van der Waals surface area contributed by atoms with Gasteiger partial charge < -0.3 is 41.2 Å². The molecule has 0 spiro atoms. The first-order valence-electron chi connectivity index (χ1n) is 25.0. The van der Waals surface area contributed by atoms with E-state index in [1.807, 2.05) is 71.3 Å². The number of nitrogens with zero attached hydrogens (tertiary/aromatic N) is 4. The van der Waals surface area contributed by atoms with Gasteiger partial charge in [0.25, 0.3) is 11.8 Å². The number of ether oxygens (including phenoxy) is 1. The monoisotopic (exact) mass is 1010 g/mol. The van der Waals surface area contributed by atoms with Crippen LogP contribution in [0, 0.1) is 23.6 Å². The molecule has 0 saturated carbocycles. The molecular formula is C56H68FN9O6S. The number of nitrogens with one attached hydrogen (secondary N) is 4. The van der Waals surface area contributed by atoms with Gasteiger partial charge in [-0.05, 0) is 91.1 Å². The summed E-state index contributed by atoms with van der Waals surface area (Å²) in [5.74, 6) is -1.25. The summed E-state index contributed by atoms with van der Waals surface area (Å²) in [4.78, 5) is 84.8. The number of likely N-dealkylation sites (tertiary alicyclic amines) is 2. The molecule has 7 rings (SSSR count). The number of hydrogen-bond acceptors (Lipinski definition) is 10. The molecule has 0 bridgehead atoms. The van der Waals surface area contributed by atoms with Gasteiger partial charge >= 0.3 is 0 Å². The van der Waals surface area contributed by atoms with Crippen LogP contribution in [0.1, 0.15) is 107 Å². The van der Waals surface area contributed by atoms with Gasteiger partial charge in [0, 0.05) is 60.7 Å². The zero-order valence-electron chi connectivity index (χ0n) is 42.7. The van der Waals surface area contributed by atoms with Crippen LogP contribution in [0.5, 0.6) is 5.75 Å². The molecule has 4 heterocycles. The average molecular weight is 1010 g/mol. The Bertz CT molecular complexity index is 2800. The van der Waals surface area contributed by atoms with E-state index in [1.54, 1.807) is 75.9 Å². The van der Waals surface area contributed by atoms with Crippen molar-refractivity contribution in [2.75, 3.05) is 31.6 Å². The van der Waals surface area contributed by atoms with Crippen molar-refractivity contribution in [1.29, 1.82) is 0 Å². The van der Waals surface area contributed by atoms with Crippen LogP contribution >= 0.6 is 11.3 Å². The van der Waals surface area contributed by atoms with Crippen LogP contribution in [0.25, 0.3) is 10.4 Å². The minimum Gasteiger partial charge on any atom is -0.494 e. The molecule has 6 N–H and O–H groups in total. The van der Waals surface area contributed by atoms with Crippen LogP contribution in [0.2, 0.25) is 0 Å². The summed E-state index contributed by atoms with van der Waals surface area (Å²) in [6, 6.07) is 23.2. The number of piperidine rings is 1. The molecule has 73 heavy (non-hydrogen) atoms. The molecule has 5 amide bonds. The zero-order chi connectivity index (χ0) is 52.3. The predicted molar refractivity (Wildman–Crippen MR) is 283 cm³/mol. The maximum atomic E-state index is 14.1. The number of hydrogen-bond donors (Lipinski definition) is 5. The lowest BCUT2D eigenvalue weighted by molar-refractivity contribution is -0.143. The molecule has 2 fully saturated rings. The third kappa shape index (κ3) is 14.1. The molecule has 17 heteroatoms. The Morgan fingerprint density at radius 1 is 0.973 bits per heavy atom. The van der Waals surface area contributed by atoms with Crippen LogP contribution in [0.4, 0.5) is 10.1 Å². The van der Waals surface area contributed by atoms with E-state index < -0.39 is 28.8 Å². The number of carbonyl (C=O) groups is 5. The predicted octanol–water partition coefficient (Wildman–Crippen LogP) is 8.73. The molecule has 386 valence electrons. The Morgan fingerprint density at radius 2 is 1.71 bits per heavy atom. The van der Waals surface area contributed by atoms with E-state index in [9.17, 15) is 28.4 Å². The number of rotatable bonds is 19. The van der Waals surface area contributed by atoms with Crippen molar-refractivity contribution in [3.8, 4) is 16.2 Å². The summed E-state index contributed by atoms with van der Waals surface area (Å²) in [7, 11) is 0. The highest BCUT2D eigenvalue weighted by atomic mass is 32.1. The molecule has 3 aromatic carbocycles. The van der Waals surface area contributed by atoms with Crippen molar-refractivity contribution < 1.29 is 33.1 Å². The number of anilines is 1. The van der Waals surface area contributed by atoms with Crippen LogP contribution in [-0.2, 0) is 32.3 Å². The number of aryl methyl sites for hydroxylation is 1. The van der Waals surface area contributed by atoms with Gasteiger partial charge in [0.1, 0.15) is 35.0 Å². The van der Waals surface area contributed by atoms with Crippen molar-refractivity contribution in [1.82, 2.24) is 30.4 Å². The van der Waals surface area contributed by atoms with Gasteiger partial charge in [0.05, 0.1) is 35.8 Å². The maximum Gasteiger partial charge on any atom is 0.271 e. The van der Waals surface area contributed by atoms with Crippen LogP contribution < -0.4 is 26.4 Å². The van der Waals surface area contributed by atoms with Crippen molar-refractivity contribution in [2.24, 2.45) is 21.6 Å². The number of unbranched alkanes of at least 4 members (excludes halogenated alkanes) is 3. The number of thiazole rings is 1. The van der Waals surface area contributed by atoms with E-state index in [1.165, 1.54) is 12.1 Å². The van der Waals surface area contributed by atoms with E-state index in [4.69, 9.17) is 15.5 Å². The number of nitrogens with two attached hydrogens (primary N) is 1. The van der Waals surface area contributed by atoms with Gasteiger partial charge in [0.15, 0.2) is 0 Å². The SMILES string of the molecule is Cc1ncsc1-c1ccc(CNC(=O)C2CCCN2C(=O)C(NC(=O)CCCCCCOc2cccc(NC(=O)/C(N)=C3\CN(C(=O)c4ccc[nH]4)CC(C)(C)C3=NCc3ccc(F)cc3)c2)C(C)(C)C)cc1. The lowest BCUT2D eigenvalue weighted by atomic mass is 9.78. The minimum atomic E-state index is -0.793. The van der Waals surface area contributed by atoms with E-state index in [0.717, 1.165) is 46.5 Å². The maximum absolute atomic E-state index is 14.1. The summed E-state index contributed by atoms with van der Waals surface area (Å²) in [5, 5.41) is 8.92. The van der Waals surface area contributed by atoms with Gasteiger partial charge in [-0.15, -0.1) is 11.3 Å². The molecule has 0 aliphatic carbocycles. The fourth-order valence-corrected chi connectivity index (χ4v) is 10.1. The first-order chi connectivity index (χ1) is 34.9. The molecular weight excluding hydrogens is 946 g/mol. The number of benzene rings is 3. The van der Waals surface area contributed by atoms with Gasteiger partial charge in [-0.1, -0.05) is 89.9 Å². The largest absolute Gasteiger partial charge is 0.494 e. The Hall–Kier alpha value is -7.14. The highest BCUT2D eigenvalue weighted by Gasteiger charge is 2.42. The number of H-pyrrole nitrogens is 1. The fraction of sp³-hybridized carbons (Fsp3) is 0.411. The number of aromatic amines is 1. The standard InChI is InChI=1S/C56H68FN9O6S/c1-36-48(73-35-62-36)39-23-19-37(20-24-39)32-61-51(68)45-17-13-28-66(45)54(71)50(55(2,3)4)64-46(67)18-9-7-8-10-29-72-42-15-11-14-41(30-42)63-52(69)47(58)43-33-65(53(70)44-16-12-27-59-44)34-56(5,6)49(43)60-31-38-21-25-40(57)26-22-38/h11-12,14-16,19-27,30,35,45,50,59H,7-10,13,17-18,28-29,31-34,58H2,1-6H3,(H,61,68)(H,63,69)(H,64,67)/b47-43-,60-49?. The molecule has 2 saturated heterocycles. The number of aromatic nitrogens is 2. The molecule has 2 aromatic heterocycles. The van der Waals surface area contributed by atoms with E-state index >= 15 is 0 Å². The van der Waals surface area contributed by atoms with E-state index in [2.05, 4.69) is 25.9 Å². The van der Waals surface area contributed by atoms with Crippen molar-refractivity contribution in [3.63, 3.8) is 0 Å². The topological polar surface area (TPSA) is 204 Å². The Balaban J connectivity index is 0.866. The molecule has 2 unspecified atom stereocenters. The smallest absolute Gasteiger partial charge is 0.271 e. The number of carbonyl (C=O) groups excluding carboxylic acids is 5. The Labute approximate surface area is 431 Å². The van der Waals surface area contributed by atoms with Crippen molar-refractivity contribution in [3.05, 3.63) is 136 Å². The van der Waals surface area contributed by atoms with Crippen molar-refractivity contribution in [2.45, 2.75) is 112 Å². The lowest BCUT2D eigenvalue weighted by Gasteiger charge is -2.41. The second-order valence-corrected chi connectivity index (χ2v) is 21.4. The third-order valence-corrected chi connectivity index (χ3v) is 14.2. The van der Waals surface area contributed by atoms with Crippen LogP contribution in [0.3, 0.4) is 0 Å². The van der Waals surface area contributed by atoms with Crippen LogP contribution in [0.15, 0.2) is 113 Å². The second kappa shape index (κ2) is 24.1. The highest BCUT2D eigenvalue weighted by molar-refractivity contribution is 7.13. The quantitative estimate of drug-likeness (QED) is 0.0399. The third-order valence-electron chi connectivity index (χ3n) is 13.2. The van der Waals surface area contributed by atoms with Gasteiger partial charge in [-0.2, -0.15) is 0 Å². The summed E-state index contributed by atoms with van der Waals surface area (Å²) in [6.45, 7) is 13.5. The normalized spacial score (nSPS) is 17.2. The molecule has 2 atom stereocenters. The van der Waals surface area contributed by atoms with E-state index in [-0.39, 0.29) is 54.7 Å². The molecule has 15 nitrogen and oxygen atoms in total. The van der Waals surface area contributed by atoms with Gasteiger partial charge in [-0.3, -0.25) is 29.0 Å². The fourth-order valence-electron chi connectivity index (χ4n) is 9.28. The average Bonchev–Trinajstić information content (AvgIpc) is 4.18. The molecule has 5 aromatic rings. The number of amides is 5. The molecule has 2 aliphatic heterocycles. The lowest BCUT2D eigenvalue weighted by Crippen LogP contribution is -2.57. The molecule has 0 radical (unpaired) electrons. The van der Waals surface area contributed by atoms with Gasteiger partial charge in [-0.25, -0.2) is 9.37 Å². The Morgan fingerprint density at radius 3 is 2.41 bits per heavy atom. The first-order valence-corrected chi connectivity index (χ1v) is 25.9. The van der Waals surface area contributed by atoms with Crippen molar-refractivity contribution >= 4 is 52.3 Å². The van der Waals surface area contributed by atoms with Gasteiger partial charge in [0.2, 0.25) is 17.7 Å². The number of halogens is 1.